The minimum atomic E-state index is -3.40. The molecule has 2 heterocycles. The van der Waals surface area contributed by atoms with Crippen LogP contribution in [-0.2, 0) is 16.6 Å². The molecule has 156 valence electrons. The molecule has 7 heteroatoms. The Labute approximate surface area is 181 Å². The number of carbonyl (C=O) groups is 1. The zero-order valence-electron chi connectivity index (χ0n) is 16.8. The van der Waals surface area contributed by atoms with E-state index < -0.39 is 10.0 Å². The molecule has 1 saturated heterocycles. The van der Waals surface area contributed by atoms with Gasteiger partial charge in [0.1, 0.15) is 4.21 Å². The SMILES string of the molecule is Cc1ccc(CNC(=O)c2ccc(-c3ccc(S(=O)(=O)N4CCCC4)s3)cc2)cc1. The smallest absolute Gasteiger partial charge is 0.252 e. The number of carbonyl (C=O) groups excluding carboxylic acids is 1. The first kappa shape index (κ1) is 20.8. The standard InChI is InChI=1S/C23H24N2O3S2/c1-17-4-6-18(7-5-17)16-24-23(26)20-10-8-19(9-11-20)21-12-13-22(29-21)30(27,28)25-14-2-3-15-25/h4-13H,2-3,14-16H2,1H3,(H,24,26). The molecule has 30 heavy (non-hydrogen) atoms. The first-order valence-electron chi connectivity index (χ1n) is 9.98. The minimum Gasteiger partial charge on any atom is -0.348 e. The van der Waals surface area contributed by atoms with E-state index in [1.807, 2.05) is 49.4 Å². The molecule has 1 aromatic heterocycles. The minimum absolute atomic E-state index is 0.134. The van der Waals surface area contributed by atoms with E-state index >= 15 is 0 Å². The molecule has 0 bridgehead atoms. The third kappa shape index (κ3) is 4.48. The highest BCUT2D eigenvalue weighted by atomic mass is 32.2. The van der Waals surface area contributed by atoms with Crippen LogP contribution in [-0.4, -0.2) is 31.7 Å². The van der Waals surface area contributed by atoms with E-state index in [0.717, 1.165) is 28.8 Å². The molecule has 1 amide bonds. The summed E-state index contributed by atoms with van der Waals surface area (Å²) in [7, 11) is -3.40. The lowest BCUT2D eigenvalue weighted by Gasteiger charge is -2.13. The second-order valence-corrected chi connectivity index (χ2v) is 10.7. The molecular weight excluding hydrogens is 416 g/mol. The van der Waals surface area contributed by atoms with E-state index in [9.17, 15) is 13.2 Å². The zero-order chi connectivity index (χ0) is 21.1. The number of nitrogens with one attached hydrogen (secondary N) is 1. The van der Waals surface area contributed by atoms with Crippen molar-refractivity contribution in [2.24, 2.45) is 0 Å². The molecule has 3 aromatic rings. The van der Waals surface area contributed by atoms with Crippen LogP contribution in [0.1, 0.15) is 34.3 Å². The number of hydrogen-bond donors (Lipinski definition) is 1. The average Bonchev–Trinajstić information content (AvgIpc) is 3.46. The molecule has 5 nitrogen and oxygen atoms in total. The number of thiophene rings is 1. The summed E-state index contributed by atoms with van der Waals surface area (Å²) in [4.78, 5) is 13.3. The fourth-order valence-electron chi connectivity index (χ4n) is 3.45. The molecule has 1 aliphatic rings. The van der Waals surface area contributed by atoms with Gasteiger partial charge < -0.3 is 5.32 Å². The Balaban J connectivity index is 1.42. The van der Waals surface area contributed by atoms with E-state index in [1.165, 1.54) is 16.9 Å². The lowest BCUT2D eigenvalue weighted by molar-refractivity contribution is 0.0951. The van der Waals surface area contributed by atoms with Crippen LogP contribution < -0.4 is 5.32 Å². The van der Waals surface area contributed by atoms with E-state index in [1.54, 1.807) is 22.5 Å². The zero-order valence-corrected chi connectivity index (χ0v) is 18.4. The Morgan fingerprint density at radius 1 is 0.967 bits per heavy atom. The maximum atomic E-state index is 12.7. The highest BCUT2D eigenvalue weighted by molar-refractivity contribution is 7.91. The van der Waals surface area contributed by atoms with Crippen LogP contribution in [0, 0.1) is 6.92 Å². The first-order chi connectivity index (χ1) is 14.4. The van der Waals surface area contributed by atoms with E-state index in [-0.39, 0.29) is 5.91 Å². The predicted molar refractivity (Wildman–Crippen MR) is 120 cm³/mol. The maximum Gasteiger partial charge on any atom is 0.252 e. The molecule has 0 saturated carbocycles. The summed E-state index contributed by atoms with van der Waals surface area (Å²) in [6.45, 7) is 3.70. The number of nitrogens with zero attached hydrogens (tertiary/aromatic N) is 1. The molecular formula is C23H24N2O3S2. The number of benzene rings is 2. The van der Waals surface area contributed by atoms with Gasteiger partial charge in [0, 0.05) is 30.1 Å². The van der Waals surface area contributed by atoms with Crippen LogP contribution in [0.4, 0.5) is 0 Å². The number of amides is 1. The van der Waals surface area contributed by atoms with Gasteiger partial charge in [0.2, 0.25) is 0 Å². The lowest BCUT2D eigenvalue weighted by atomic mass is 10.1. The first-order valence-corrected chi connectivity index (χ1v) is 12.2. The molecule has 2 aromatic carbocycles. The van der Waals surface area contributed by atoms with Gasteiger partial charge in [0.25, 0.3) is 15.9 Å². The number of rotatable bonds is 6. The molecule has 0 atom stereocenters. The highest BCUT2D eigenvalue weighted by Gasteiger charge is 2.28. The summed E-state index contributed by atoms with van der Waals surface area (Å²) < 4.78 is 27.4. The lowest BCUT2D eigenvalue weighted by Crippen LogP contribution is -2.27. The number of sulfonamides is 1. The topological polar surface area (TPSA) is 66.5 Å². The van der Waals surface area contributed by atoms with Crippen molar-refractivity contribution >= 4 is 27.3 Å². The highest BCUT2D eigenvalue weighted by Crippen LogP contribution is 2.33. The third-order valence-corrected chi connectivity index (χ3v) is 8.75. The quantitative estimate of drug-likeness (QED) is 0.616. The Morgan fingerprint density at radius 2 is 1.63 bits per heavy atom. The monoisotopic (exact) mass is 440 g/mol. The van der Waals surface area contributed by atoms with Crippen LogP contribution in [0.25, 0.3) is 10.4 Å². The normalized spacial score (nSPS) is 14.7. The van der Waals surface area contributed by atoms with Crippen molar-refractivity contribution in [3.8, 4) is 10.4 Å². The second-order valence-electron chi connectivity index (χ2n) is 7.48. The van der Waals surface area contributed by atoms with E-state index in [4.69, 9.17) is 0 Å². The molecule has 1 fully saturated rings. The van der Waals surface area contributed by atoms with E-state index in [2.05, 4.69) is 5.32 Å². The van der Waals surface area contributed by atoms with Crippen molar-refractivity contribution in [2.75, 3.05) is 13.1 Å². The average molecular weight is 441 g/mol. The Morgan fingerprint density at radius 3 is 2.30 bits per heavy atom. The van der Waals surface area contributed by atoms with E-state index in [0.29, 0.717) is 29.4 Å². The van der Waals surface area contributed by atoms with Gasteiger partial charge in [-0.2, -0.15) is 4.31 Å². The summed E-state index contributed by atoms with van der Waals surface area (Å²) in [6, 6.07) is 18.8. The Hall–Kier alpha value is -2.48. The molecule has 1 N–H and O–H groups in total. The summed E-state index contributed by atoms with van der Waals surface area (Å²) in [5.74, 6) is -0.134. The fourth-order valence-corrected chi connectivity index (χ4v) is 6.43. The van der Waals surface area contributed by atoms with Crippen molar-refractivity contribution in [1.29, 1.82) is 0 Å². The van der Waals surface area contributed by atoms with Gasteiger partial charge in [0.15, 0.2) is 0 Å². The molecule has 0 radical (unpaired) electrons. The van der Waals surface area contributed by atoms with Gasteiger partial charge in [-0.25, -0.2) is 8.42 Å². The Kier molecular flexibility index (Phi) is 6.04. The van der Waals surface area contributed by atoms with Crippen molar-refractivity contribution in [3.63, 3.8) is 0 Å². The van der Waals surface area contributed by atoms with Crippen LogP contribution in [0.3, 0.4) is 0 Å². The summed E-state index contributed by atoms with van der Waals surface area (Å²) >= 11 is 1.27. The second kappa shape index (κ2) is 8.71. The molecule has 1 aliphatic heterocycles. The van der Waals surface area contributed by atoms with Crippen LogP contribution in [0.5, 0.6) is 0 Å². The van der Waals surface area contributed by atoms with Crippen molar-refractivity contribution in [2.45, 2.75) is 30.5 Å². The Bertz CT molecular complexity index is 1130. The fraction of sp³-hybridized carbons (Fsp3) is 0.261. The van der Waals surface area contributed by atoms with Gasteiger partial charge in [-0.1, -0.05) is 42.0 Å². The summed E-state index contributed by atoms with van der Waals surface area (Å²) in [5.41, 5.74) is 3.71. The van der Waals surface area contributed by atoms with Crippen LogP contribution in [0.2, 0.25) is 0 Å². The molecule has 0 aliphatic carbocycles. The van der Waals surface area contributed by atoms with Crippen LogP contribution >= 0.6 is 11.3 Å². The van der Waals surface area contributed by atoms with Gasteiger partial charge in [-0.3, -0.25) is 4.79 Å². The molecule has 0 unspecified atom stereocenters. The predicted octanol–water partition coefficient (Wildman–Crippen LogP) is 4.44. The van der Waals surface area contributed by atoms with Crippen molar-refractivity contribution < 1.29 is 13.2 Å². The maximum absolute atomic E-state index is 12.7. The largest absolute Gasteiger partial charge is 0.348 e. The summed E-state index contributed by atoms with van der Waals surface area (Å²) in [6.07, 6.45) is 1.84. The number of aryl methyl sites for hydroxylation is 1. The summed E-state index contributed by atoms with van der Waals surface area (Å²) in [5, 5.41) is 2.93. The van der Waals surface area contributed by atoms with Crippen LogP contribution in [0.15, 0.2) is 64.9 Å². The molecule has 4 rings (SSSR count). The van der Waals surface area contributed by atoms with Gasteiger partial charge in [0.05, 0.1) is 0 Å². The van der Waals surface area contributed by atoms with Crippen molar-refractivity contribution in [3.05, 3.63) is 77.4 Å². The van der Waals surface area contributed by atoms with Gasteiger partial charge >= 0.3 is 0 Å². The third-order valence-electron chi connectivity index (χ3n) is 5.25. The van der Waals surface area contributed by atoms with Gasteiger partial charge in [-0.15, -0.1) is 11.3 Å². The molecule has 0 spiro atoms. The number of hydrogen-bond acceptors (Lipinski definition) is 4. The van der Waals surface area contributed by atoms with Gasteiger partial charge in [-0.05, 0) is 55.2 Å². The van der Waals surface area contributed by atoms with Crippen molar-refractivity contribution in [1.82, 2.24) is 9.62 Å².